The third kappa shape index (κ3) is 3.87. The molecular formula is C16H18N2O2. The van der Waals surface area contributed by atoms with E-state index in [9.17, 15) is 0 Å². The molecule has 0 aliphatic heterocycles. The number of nitrogens with zero attached hydrogens (tertiary/aromatic N) is 2. The molecule has 2 rings (SSSR count). The number of aromatic nitrogens is 2. The van der Waals surface area contributed by atoms with Crippen molar-refractivity contribution in [2.24, 2.45) is 0 Å². The van der Waals surface area contributed by atoms with Crippen LogP contribution in [-0.2, 0) is 6.61 Å². The summed E-state index contributed by atoms with van der Waals surface area (Å²) in [6, 6.07) is 9.79. The molecule has 1 aromatic carbocycles. The normalized spacial score (nSPS) is 10.2. The van der Waals surface area contributed by atoms with E-state index in [0.29, 0.717) is 12.6 Å². The van der Waals surface area contributed by atoms with Crippen molar-refractivity contribution in [3.05, 3.63) is 47.8 Å². The molecule has 0 atom stereocenters. The van der Waals surface area contributed by atoms with Crippen LogP contribution >= 0.6 is 0 Å². The predicted octanol–water partition coefficient (Wildman–Crippen LogP) is 2.39. The van der Waals surface area contributed by atoms with E-state index in [1.165, 1.54) is 0 Å². The summed E-state index contributed by atoms with van der Waals surface area (Å²) in [5, 5.41) is 13.1. The van der Waals surface area contributed by atoms with Crippen LogP contribution in [0.1, 0.15) is 31.1 Å². The molecule has 2 aromatic rings. The minimum Gasteiger partial charge on any atom is -0.487 e. The molecule has 0 amide bonds. The monoisotopic (exact) mass is 270 g/mol. The van der Waals surface area contributed by atoms with Crippen molar-refractivity contribution in [3.63, 3.8) is 0 Å². The van der Waals surface area contributed by atoms with Gasteiger partial charge in [0.15, 0.2) is 0 Å². The van der Waals surface area contributed by atoms with E-state index in [4.69, 9.17) is 9.84 Å². The molecule has 1 aromatic heterocycles. The summed E-state index contributed by atoms with van der Waals surface area (Å²) in [6.45, 7) is 4.45. The average molecular weight is 270 g/mol. The maximum atomic E-state index is 8.68. The summed E-state index contributed by atoms with van der Waals surface area (Å²) in [4.78, 5) is 0. The minimum atomic E-state index is -0.141. The average Bonchev–Trinajstić information content (AvgIpc) is 2.92. The van der Waals surface area contributed by atoms with Crippen molar-refractivity contribution in [1.29, 1.82) is 0 Å². The zero-order chi connectivity index (χ0) is 14.4. The lowest BCUT2D eigenvalue weighted by Gasteiger charge is -2.06. The molecule has 0 saturated carbocycles. The number of hydrogen-bond donors (Lipinski definition) is 1. The maximum Gasteiger partial charge on any atom is 0.132 e. The summed E-state index contributed by atoms with van der Waals surface area (Å²) in [5.41, 5.74) is 1.72. The van der Waals surface area contributed by atoms with Crippen molar-refractivity contribution in [2.45, 2.75) is 26.5 Å². The first-order valence-corrected chi connectivity index (χ1v) is 6.55. The van der Waals surface area contributed by atoms with Crippen molar-refractivity contribution >= 4 is 0 Å². The Kier molecular flexibility index (Phi) is 4.80. The first-order chi connectivity index (χ1) is 9.69. The Morgan fingerprint density at radius 2 is 2.20 bits per heavy atom. The van der Waals surface area contributed by atoms with Crippen molar-refractivity contribution in [3.8, 4) is 17.6 Å². The number of benzene rings is 1. The molecule has 1 heterocycles. The van der Waals surface area contributed by atoms with Crippen LogP contribution in [0.5, 0.6) is 5.75 Å². The van der Waals surface area contributed by atoms with E-state index < -0.39 is 0 Å². The Labute approximate surface area is 119 Å². The second-order valence-electron chi connectivity index (χ2n) is 4.66. The quantitative estimate of drug-likeness (QED) is 0.868. The molecule has 0 spiro atoms. The van der Waals surface area contributed by atoms with Crippen LogP contribution in [-0.4, -0.2) is 21.5 Å². The first-order valence-electron chi connectivity index (χ1n) is 6.55. The Morgan fingerprint density at radius 1 is 1.35 bits per heavy atom. The van der Waals surface area contributed by atoms with Gasteiger partial charge in [-0.15, -0.1) is 0 Å². The zero-order valence-electron chi connectivity index (χ0n) is 11.7. The fourth-order valence-corrected chi connectivity index (χ4v) is 1.70. The van der Waals surface area contributed by atoms with Crippen molar-refractivity contribution in [2.75, 3.05) is 6.61 Å². The summed E-state index contributed by atoms with van der Waals surface area (Å²) < 4.78 is 7.60. The Hall–Kier alpha value is -2.25. The first kappa shape index (κ1) is 14.2. The summed E-state index contributed by atoms with van der Waals surface area (Å²) in [7, 11) is 0. The summed E-state index contributed by atoms with van der Waals surface area (Å²) in [6.07, 6.45) is 1.95. The lowest BCUT2D eigenvalue weighted by atomic mass is 10.2. The van der Waals surface area contributed by atoms with Crippen molar-refractivity contribution in [1.82, 2.24) is 9.78 Å². The van der Waals surface area contributed by atoms with E-state index in [1.807, 2.05) is 41.2 Å². The van der Waals surface area contributed by atoms with Gasteiger partial charge in [0, 0.05) is 17.8 Å². The van der Waals surface area contributed by atoms with Crippen LogP contribution < -0.4 is 4.74 Å². The largest absolute Gasteiger partial charge is 0.487 e. The SMILES string of the molecule is CC(C)n1ccc(COc2cccc(C#CCO)c2)n1. The van der Waals surface area contributed by atoms with Crippen LogP contribution in [0.4, 0.5) is 0 Å². The van der Waals surface area contributed by atoms with E-state index in [1.54, 1.807) is 0 Å². The highest BCUT2D eigenvalue weighted by atomic mass is 16.5. The van der Waals surface area contributed by atoms with Gasteiger partial charge in [0.25, 0.3) is 0 Å². The Morgan fingerprint density at radius 3 is 2.90 bits per heavy atom. The summed E-state index contributed by atoms with van der Waals surface area (Å²) >= 11 is 0. The zero-order valence-corrected chi connectivity index (χ0v) is 11.7. The standard InChI is InChI=1S/C16H18N2O2/c1-13(2)18-9-8-15(17-18)12-20-16-7-3-5-14(11-16)6-4-10-19/h3,5,7-9,11,13,19H,10,12H2,1-2H3. The molecular weight excluding hydrogens is 252 g/mol. The number of rotatable bonds is 4. The van der Waals surface area contributed by atoms with Crippen LogP contribution in [0.25, 0.3) is 0 Å². The fraction of sp³-hybridized carbons (Fsp3) is 0.312. The molecule has 4 nitrogen and oxygen atoms in total. The van der Waals surface area contributed by atoms with Crippen LogP contribution in [0.15, 0.2) is 36.5 Å². The second kappa shape index (κ2) is 6.78. The number of hydrogen-bond acceptors (Lipinski definition) is 3. The van der Waals surface area contributed by atoms with Crippen LogP contribution in [0.3, 0.4) is 0 Å². The number of ether oxygens (including phenoxy) is 1. The van der Waals surface area contributed by atoms with Gasteiger partial charge in [-0.05, 0) is 38.1 Å². The second-order valence-corrected chi connectivity index (χ2v) is 4.66. The van der Waals surface area contributed by atoms with Gasteiger partial charge in [0.05, 0.1) is 5.69 Å². The topological polar surface area (TPSA) is 47.3 Å². The van der Waals surface area contributed by atoms with Gasteiger partial charge in [0.2, 0.25) is 0 Å². The highest BCUT2D eigenvalue weighted by Gasteiger charge is 2.03. The van der Waals surface area contributed by atoms with Crippen LogP contribution in [0.2, 0.25) is 0 Å². The lowest BCUT2D eigenvalue weighted by Crippen LogP contribution is -2.03. The van der Waals surface area contributed by atoms with E-state index in [-0.39, 0.29) is 6.61 Å². The predicted molar refractivity (Wildman–Crippen MR) is 77.3 cm³/mol. The minimum absolute atomic E-state index is 0.141. The molecule has 0 saturated heterocycles. The highest BCUT2D eigenvalue weighted by molar-refractivity contribution is 5.39. The third-order valence-corrected chi connectivity index (χ3v) is 2.73. The molecule has 0 fully saturated rings. The van der Waals surface area contributed by atoms with E-state index in [2.05, 4.69) is 30.8 Å². The molecule has 1 N–H and O–H groups in total. The lowest BCUT2D eigenvalue weighted by molar-refractivity contribution is 0.298. The van der Waals surface area contributed by atoms with Gasteiger partial charge in [0.1, 0.15) is 19.0 Å². The van der Waals surface area contributed by atoms with Crippen LogP contribution in [0, 0.1) is 11.8 Å². The molecule has 0 radical (unpaired) electrons. The maximum absolute atomic E-state index is 8.68. The Bertz CT molecular complexity index is 621. The van der Waals surface area contributed by atoms with Gasteiger partial charge < -0.3 is 9.84 Å². The van der Waals surface area contributed by atoms with Crippen molar-refractivity contribution < 1.29 is 9.84 Å². The fourth-order valence-electron chi connectivity index (χ4n) is 1.70. The molecule has 0 aliphatic rings. The van der Waals surface area contributed by atoms with Gasteiger partial charge in [-0.3, -0.25) is 4.68 Å². The van der Waals surface area contributed by atoms with Gasteiger partial charge in [-0.25, -0.2) is 0 Å². The molecule has 20 heavy (non-hydrogen) atoms. The molecule has 0 unspecified atom stereocenters. The number of aliphatic hydroxyl groups excluding tert-OH is 1. The van der Waals surface area contributed by atoms with Gasteiger partial charge >= 0.3 is 0 Å². The van der Waals surface area contributed by atoms with E-state index in [0.717, 1.165) is 17.0 Å². The summed E-state index contributed by atoms with van der Waals surface area (Å²) in [5.74, 6) is 6.21. The van der Waals surface area contributed by atoms with E-state index >= 15 is 0 Å². The smallest absolute Gasteiger partial charge is 0.132 e. The molecule has 4 heteroatoms. The molecule has 0 bridgehead atoms. The Balaban J connectivity index is 1.99. The third-order valence-electron chi connectivity index (χ3n) is 2.73. The molecule has 104 valence electrons. The molecule has 0 aliphatic carbocycles. The number of aliphatic hydroxyl groups is 1. The van der Waals surface area contributed by atoms with Gasteiger partial charge in [-0.2, -0.15) is 5.10 Å². The van der Waals surface area contributed by atoms with Gasteiger partial charge in [-0.1, -0.05) is 17.9 Å². The highest BCUT2D eigenvalue weighted by Crippen LogP contribution is 2.14.